The molecule has 0 saturated carbocycles. The van der Waals surface area contributed by atoms with Crippen LogP contribution in [0.15, 0.2) is 0 Å². The summed E-state index contributed by atoms with van der Waals surface area (Å²) in [5.41, 5.74) is 5.22. The molecule has 2 heteroatoms. The van der Waals surface area contributed by atoms with Crippen molar-refractivity contribution in [2.45, 2.75) is 32.2 Å². The molecule has 0 heterocycles. The van der Waals surface area contributed by atoms with Crippen LogP contribution in [0.3, 0.4) is 0 Å². The van der Waals surface area contributed by atoms with Gasteiger partial charge in [0, 0.05) is 5.54 Å². The SMILES string of the molecule is CCC[C@](C)(N)CO. The third-order valence-electron chi connectivity index (χ3n) is 1.18. The molecule has 1 atom stereocenters. The summed E-state index contributed by atoms with van der Waals surface area (Å²) in [6.07, 6.45) is 1.93. The topological polar surface area (TPSA) is 46.2 Å². The molecule has 0 unspecified atom stereocenters. The quantitative estimate of drug-likeness (QED) is 0.565. The van der Waals surface area contributed by atoms with E-state index in [2.05, 4.69) is 6.92 Å². The van der Waals surface area contributed by atoms with E-state index in [1.165, 1.54) is 0 Å². The minimum Gasteiger partial charge on any atom is -0.394 e. The van der Waals surface area contributed by atoms with Crippen LogP contribution in [-0.4, -0.2) is 17.3 Å². The van der Waals surface area contributed by atoms with Gasteiger partial charge in [0.15, 0.2) is 0 Å². The highest BCUT2D eigenvalue weighted by Crippen LogP contribution is 2.05. The van der Waals surface area contributed by atoms with Gasteiger partial charge in [-0.25, -0.2) is 0 Å². The lowest BCUT2D eigenvalue weighted by molar-refractivity contribution is 0.199. The lowest BCUT2D eigenvalue weighted by Crippen LogP contribution is -2.39. The van der Waals surface area contributed by atoms with Crippen LogP contribution < -0.4 is 5.73 Å². The molecule has 0 fully saturated rings. The fourth-order valence-corrected chi connectivity index (χ4v) is 0.650. The maximum Gasteiger partial charge on any atom is 0.0608 e. The van der Waals surface area contributed by atoms with E-state index in [1.54, 1.807) is 0 Å². The van der Waals surface area contributed by atoms with Crippen molar-refractivity contribution in [1.82, 2.24) is 0 Å². The highest BCUT2D eigenvalue weighted by molar-refractivity contribution is 4.75. The van der Waals surface area contributed by atoms with E-state index in [9.17, 15) is 0 Å². The van der Waals surface area contributed by atoms with Crippen LogP contribution in [0.5, 0.6) is 0 Å². The summed E-state index contributed by atoms with van der Waals surface area (Å²) in [5, 5.41) is 8.60. The molecule has 3 N–H and O–H groups in total. The van der Waals surface area contributed by atoms with Crippen LogP contribution in [-0.2, 0) is 0 Å². The third kappa shape index (κ3) is 2.99. The van der Waals surface area contributed by atoms with Crippen molar-refractivity contribution in [1.29, 1.82) is 0 Å². The highest BCUT2D eigenvalue weighted by atomic mass is 16.3. The zero-order valence-electron chi connectivity index (χ0n) is 5.65. The van der Waals surface area contributed by atoms with Crippen molar-refractivity contribution >= 4 is 0 Å². The number of nitrogens with two attached hydrogens (primary N) is 1. The van der Waals surface area contributed by atoms with Gasteiger partial charge in [0.1, 0.15) is 0 Å². The van der Waals surface area contributed by atoms with Crippen LogP contribution in [0.2, 0.25) is 0 Å². The van der Waals surface area contributed by atoms with E-state index in [0.29, 0.717) is 0 Å². The second kappa shape index (κ2) is 3.05. The molecule has 0 aliphatic carbocycles. The van der Waals surface area contributed by atoms with Gasteiger partial charge in [0.2, 0.25) is 0 Å². The first-order chi connectivity index (χ1) is 3.62. The molecule has 0 radical (unpaired) electrons. The van der Waals surface area contributed by atoms with E-state index < -0.39 is 0 Å². The Morgan fingerprint density at radius 3 is 2.25 bits per heavy atom. The lowest BCUT2D eigenvalue weighted by atomic mass is 9.99. The molecule has 8 heavy (non-hydrogen) atoms. The molecule has 0 aromatic rings. The second-order valence-corrected chi connectivity index (χ2v) is 2.56. The Morgan fingerprint density at radius 1 is 1.62 bits per heavy atom. The maximum absolute atomic E-state index is 8.60. The van der Waals surface area contributed by atoms with E-state index in [1.807, 2.05) is 6.92 Å². The summed E-state index contributed by atoms with van der Waals surface area (Å²) < 4.78 is 0. The van der Waals surface area contributed by atoms with Gasteiger partial charge in [-0.3, -0.25) is 0 Å². The number of aliphatic hydroxyl groups excluding tert-OH is 1. The van der Waals surface area contributed by atoms with E-state index in [-0.39, 0.29) is 12.1 Å². The summed E-state index contributed by atoms with van der Waals surface area (Å²) in [5.74, 6) is 0. The Labute approximate surface area is 50.7 Å². The summed E-state index contributed by atoms with van der Waals surface area (Å²) in [6, 6.07) is 0. The van der Waals surface area contributed by atoms with Gasteiger partial charge in [0.05, 0.1) is 6.61 Å². The van der Waals surface area contributed by atoms with E-state index in [0.717, 1.165) is 12.8 Å². The number of aliphatic hydroxyl groups is 1. The molecule has 0 bridgehead atoms. The molecule has 0 rings (SSSR count). The predicted molar refractivity (Wildman–Crippen MR) is 34.6 cm³/mol. The number of hydrogen-bond donors (Lipinski definition) is 2. The van der Waals surface area contributed by atoms with Crippen LogP contribution in [0.4, 0.5) is 0 Å². The molecule has 0 aromatic carbocycles. The Kier molecular flexibility index (Phi) is 3.02. The Bertz CT molecular complexity index is 61.5. The van der Waals surface area contributed by atoms with E-state index >= 15 is 0 Å². The Balaban J connectivity index is 3.37. The number of rotatable bonds is 3. The molecular formula is C6H15NO. The monoisotopic (exact) mass is 117 g/mol. The van der Waals surface area contributed by atoms with Gasteiger partial charge in [-0.15, -0.1) is 0 Å². The minimum absolute atomic E-state index is 0.0842. The third-order valence-corrected chi connectivity index (χ3v) is 1.18. The van der Waals surface area contributed by atoms with Gasteiger partial charge in [-0.05, 0) is 13.3 Å². The fraction of sp³-hybridized carbons (Fsp3) is 1.00. The lowest BCUT2D eigenvalue weighted by Gasteiger charge is -2.19. The van der Waals surface area contributed by atoms with Crippen molar-refractivity contribution in [2.24, 2.45) is 5.73 Å². The second-order valence-electron chi connectivity index (χ2n) is 2.56. The summed E-state index contributed by atoms with van der Waals surface area (Å²) in [6.45, 7) is 4.00. The minimum atomic E-state index is -0.352. The largest absolute Gasteiger partial charge is 0.394 e. The van der Waals surface area contributed by atoms with Gasteiger partial charge in [-0.1, -0.05) is 13.3 Å². The summed E-state index contributed by atoms with van der Waals surface area (Å²) in [4.78, 5) is 0. The van der Waals surface area contributed by atoms with E-state index in [4.69, 9.17) is 10.8 Å². The zero-order chi connectivity index (χ0) is 6.62. The van der Waals surface area contributed by atoms with Crippen molar-refractivity contribution in [2.75, 3.05) is 6.61 Å². The van der Waals surface area contributed by atoms with Crippen LogP contribution >= 0.6 is 0 Å². The van der Waals surface area contributed by atoms with Crippen LogP contribution in [0.25, 0.3) is 0 Å². The molecule has 0 aliphatic heterocycles. The van der Waals surface area contributed by atoms with Crippen molar-refractivity contribution in [3.63, 3.8) is 0 Å². The highest BCUT2D eigenvalue weighted by Gasteiger charge is 2.13. The average Bonchev–Trinajstić information content (AvgIpc) is 1.67. The zero-order valence-corrected chi connectivity index (χ0v) is 5.65. The molecule has 50 valence electrons. The van der Waals surface area contributed by atoms with Crippen LogP contribution in [0.1, 0.15) is 26.7 Å². The van der Waals surface area contributed by atoms with Gasteiger partial charge < -0.3 is 10.8 Å². The van der Waals surface area contributed by atoms with Crippen molar-refractivity contribution in [3.05, 3.63) is 0 Å². The van der Waals surface area contributed by atoms with Gasteiger partial charge in [0.25, 0.3) is 0 Å². The van der Waals surface area contributed by atoms with Crippen LogP contribution in [0, 0.1) is 0 Å². The first-order valence-corrected chi connectivity index (χ1v) is 3.02. The van der Waals surface area contributed by atoms with Crippen molar-refractivity contribution < 1.29 is 5.11 Å². The normalized spacial score (nSPS) is 18.0. The molecule has 0 spiro atoms. The molecule has 0 aliphatic rings. The summed E-state index contributed by atoms with van der Waals surface area (Å²) in [7, 11) is 0. The standard InChI is InChI=1S/C6H15NO/c1-3-4-6(2,7)5-8/h8H,3-5,7H2,1-2H3/t6-/m0/s1. The first kappa shape index (κ1) is 7.92. The Morgan fingerprint density at radius 2 is 2.12 bits per heavy atom. The molecular weight excluding hydrogens is 102 g/mol. The van der Waals surface area contributed by atoms with Gasteiger partial charge in [-0.2, -0.15) is 0 Å². The Hall–Kier alpha value is -0.0800. The first-order valence-electron chi connectivity index (χ1n) is 3.02. The molecule has 0 amide bonds. The summed E-state index contributed by atoms with van der Waals surface area (Å²) >= 11 is 0. The molecule has 0 saturated heterocycles. The molecule has 0 aromatic heterocycles. The average molecular weight is 117 g/mol. The van der Waals surface area contributed by atoms with Crippen molar-refractivity contribution in [3.8, 4) is 0 Å². The number of hydrogen-bond acceptors (Lipinski definition) is 2. The smallest absolute Gasteiger partial charge is 0.0608 e. The fourth-order valence-electron chi connectivity index (χ4n) is 0.650. The molecule has 2 nitrogen and oxygen atoms in total. The van der Waals surface area contributed by atoms with Gasteiger partial charge >= 0.3 is 0 Å². The maximum atomic E-state index is 8.60. The predicted octanol–water partition coefficient (Wildman–Crippen LogP) is 0.496.